The van der Waals surface area contributed by atoms with Crippen LogP contribution in [-0.2, 0) is 16.6 Å². The van der Waals surface area contributed by atoms with Crippen LogP contribution in [0.15, 0.2) is 53.4 Å². The highest BCUT2D eigenvalue weighted by Crippen LogP contribution is 2.23. The largest absolute Gasteiger partial charge is 0.497 e. The summed E-state index contributed by atoms with van der Waals surface area (Å²) in [5.74, 6) is 0.738. The molecule has 0 aliphatic carbocycles. The number of nitrogens with two attached hydrogens (primary N) is 1. The number of sulfonamides is 1. The smallest absolute Gasteiger partial charge is 0.245 e. The van der Waals surface area contributed by atoms with Gasteiger partial charge in [-0.15, -0.1) is 0 Å². The molecule has 0 saturated heterocycles. The zero-order valence-corrected chi connectivity index (χ0v) is 13.5. The van der Waals surface area contributed by atoms with E-state index in [1.807, 2.05) is 24.3 Å². The van der Waals surface area contributed by atoms with E-state index in [4.69, 9.17) is 10.5 Å². The van der Waals surface area contributed by atoms with E-state index in [0.29, 0.717) is 6.54 Å². The number of rotatable bonds is 6. The average Bonchev–Trinajstić information content (AvgIpc) is 2.53. The first-order valence-corrected chi connectivity index (χ1v) is 8.40. The first kappa shape index (κ1) is 16.3. The third-order valence-corrected chi connectivity index (χ3v) is 5.40. The van der Waals surface area contributed by atoms with E-state index in [9.17, 15) is 8.42 Å². The van der Waals surface area contributed by atoms with Crippen LogP contribution in [0, 0.1) is 0 Å². The Labute approximate surface area is 131 Å². The number of para-hydroxylation sites is 1. The van der Waals surface area contributed by atoms with E-state index in [0.717, 1.165) is 11.3 Å². The summed E-state index contributed by atoms with van der Waals surface area (Å²) < 4.78 is 32.0. The van der Waals surface area contributed by atoms with Gasteiger partial charge in [0.25, 0.3) is 0 Å². The molecular formula is C16H20N2O3S. The molecule has 0 radical (unpaired) electrons. The Bertz CT molecular complexity index is 727. The van der Waals surface area contributed by atoms with Gasteiger partial charge in [-0.05, 0) is 29.8 Å². The van der Waals surface area contributed by atoms with Gasteiger partial charge in [-0.25, -0.2) is 8.42 Å². The van der Waals surface area contributed by atoms with Crippen molar-refractivity contribution in [1.82, 2.24) is 4.31 Å². The number of ether oxygens (including phenoxy) is 1. The SMILES string of the molecule is CCN(Cc1ccc(OC)cc1)S(=O)(=O)c1ccccc1N. The summed E-state index contributed by atoms with van der Waals surface area (Å²) >= 11 is 0. The van der Waals surface area contributed by atoms with Gasteiger partial charge < -0.3 is 10.5 Å². The summed E-state index contributed by atoms with van der Waals surface area (Å²) in [6.45, 7) is 2.46. The fraction of sp³-hybridized carbons (Fsp3) is 0.250. The maximum absolute atomic E-state index is 12.7. The van der Waals surface area contributed by atoms with Crippen molar-refractivity contribution < 1.29 is 13.2 Å². The molecule has 0 aromatic heterocycles. The molecule has 6 heteroatoms. The summed E-state index contributed by atoms with van der Waals surface area (Å²) in [7, 11) is -2.03. The van der Waals surface area contributed by atoms with Crippen LogP contribution in [0.5, 0.6) is 5.75 Å². The van der Waals surface area contributed by atoms with Gasteiger partial charge >= 0.3 is 0 Å². The third-order valence-electron chi connectivity index (χ3n) is 3.41. The number of methoxy groups -OCH3 is 1. The molecule has 0 bridgehead atoms. The quantitative estimate of drug-likeness (QED) is 0.830. The van der Waals surface area contributed by atoms with Crippen molar-refractivity contribution in [3.8, 4) is 5.75 Å². The molecule has 0 atom stereocenters. The van der Waals surface area contributed by atoms with Crippen molar-refractivity contribution in [3.05, 3.63) is 54.1 Å². The summed E-state index contributed by atoms with van der Waals surface area (Å²) in [5.41, 5.74) is 6.96. The topological polar surface area (TPSA) is 72.6 Å². The molecule has 22 heavy (non-hydrogen) atoms. The molecule has 5 nitrogen and oxygen atoms in total. The second-order valence-electron chi connectivity index (χ2n) is 4.82. The van der Waals surface area contributed by atoms with Gasteiger partial charge in [-0.3, -0.25) is 0 Å². The molecule has 2 aromatic rings. The first-order valence-electron chi connectivity index (χ1n) is 6.96. The van der Waals surface area contributed by atoms with Crippen LogP contribution in [0.4, 0.5) is 5.69 Å². The van der Waals surface area contributed by atoms with E-state index in [1.54, 1.807) is 32.2 Å². The van der Waals surface area contributed by atoms with Gasteiger partial charge in [0, 0.05) is 13.1 Å². The minimum Gasteiger partial charge on any atom is -0.497 e. The molecule has 0 heterocycles. The monoisotopic (exact) mass is 320 g/mol. The standard InChI is InChI=1S/C16H20N2O3S/c1-3-18(12-13-8-10-14(21-2)11-9-13)22(19,20)16-7-5-4-6-15(16)17/h4-11H,3,12,17H2,1-2H3. The van der Waals surface area contributed by atoms with Crippen LogP contribution >= 0.6 is 0 Å². The number of nitrogens with zero attached hydrogens (tertiary/aromatic N) is 1. The molecule has 2 aromatic carbocycles. The van der Waals surface area contributed by atoms with Gasteiger partial charge in [0.2, 0.25) is 10.0 Å². The second-order valence-corrected chi connectivity index (χ2v) is 6.72. The maximum Gasteiger partial charge on any atom is 0.245 e. The van der Waals surface area contributed by atoms with Gasteiger partial charge in [0.05, 0.1) is 12.8 Å². The van der Waals surface area contributed by atoms with Crippen LogP contribution in [0.3, 0.4) is 0 Å². The number of anilines is 1. The Kier molecular flexibility index (Phi) is 5.05. The number of benzene rings is 2. The minimum atomic E-state index is -3.62. The van der Waals surface area contributed by atoms with Crippen LogP contribution in [0.2, 0.25) is 0 Å². The zero-order valence-electron chi connectivity index (χ0n) is 12.7. The van der Waals surface area contributed by atoms with Crippen LogP contribution < -0.4 is 10.5 Å². The van der Waals surface area contributed by atoms with Crippen molar-refractivity contribution in [1.29, 1.82) is 0 Å². The van der Waals surface area contributed by atoms with Gasteiger partial charge in [-0.2, -0.15) is 4.31 Å². The fourth-order valence-electron chi connectivity index (χ4n) is 2.16. The van der Waals surface area contributed by atoms with Crippen molar-refractivity contribution in [2.75, 3.05) is 19.4 Å². The second kappa shape index (κ2) is 6.81. The van der Waals surface area contributed by atoms with Gasteiger partial charge in [0.1, 0.15) is 10.6 Å². The highest BCUT2D eigenvalue weighted by molar-refractivity contribution is 7.89. The lowest BCUT2D eigenvalue weighted by atomic mass is 10.2. The molecule has 2 N–H and O–H groups in total. The van der Waals surface area contributed by atoms with E-state index in [1.165, 1.54) is 10.4 Å². The van der Waals surface area contributed by atoms with E-state index in [2.05, 4.69) is 0 Å². The van der Waals surface area contributed by atoms with E-state index >= 15 is 0 Å². The van der Waals surface area contributed by atoms with Gasteiger partial charge in [0.15, 0.2) is 0 Å². The van der Waals surface area contributed by atoms with Crippen LogP contribution in [0.1, 0.15) is 12.5 Å². The van der Waals surface area contributed by atoms with Crippen molar-refractivity contribution in [2.45, 2.75) is 18.4 Å². The van der Waals surface area contributed by atoms with Crippen molar-refractivity contribution >= 4 is 15.7 Å². The summed E-state index contributed by atoms with van der Waals surface area (Å²) in [6, 6.07) is 13.8. The Morgan fingerprint density at radius 2 is 1.73 bits per heavy atom. The van der Waals surface area contributed by atoms with Crippen molar-refractivity contribution in [2.24, 2.45) is 0 Å². The Morgan fingerprint density at radius 3 is 2.27 bits per heavy atom. The molecule has 0 fully saturated rings. The fourth-order valence-corrected chi connectivity index (χ4v) is 3.71. The average molecular weight is 320 g/mol. The molecule has 0 aliphatic heterocycles. The molecule has 0 spiro atoms. The Balaban J connectivity index is 2.28. The molecule has 2 rings (SSSR count). The first-order chi connectivity index (χ1) is 10.5. The lowest BCUT2D eigenvalue weighted by molar-refractivity contribution is 0.412. The molecule has 0 amide bonds. The minimum absolute atomic E-state index is 0.144. The highest BCUT2D eigenvalue weighted by Gasteiger charge is 2.25. The van der Waals surface area contributed by atoms with Crippen molar-refractivity contribution in [3.63, 3.8) is 0 Å². The normalized spacial score (nSPS) is 11.6. The summed E-state index contributed by atoms with van der Waals surface area (Å²) in [6.07, 6.45) is 0. The Hall–Kier alpha value is -2.05. The number of nitrogen functional groups attached to an aromatic ring is 1. The number of hydrogen-bond donors (Lipinski definition) is 1. The van der Waals surface area contributed by atoms with E-state index in [-0.39, 0.29) is 17.1 Å². The van der Waals surface area contributed by atoms with E-state index < -0.39 is 10.0 Å². The van der Waals surface area contributed by atoms with Gasteiger partial charge in [-0.1, -0.05) is 31.2 Å². The molecule has 0 saturated carbocycles. The summed E-state index contributed by atoms with van der Waals surface area (Å²) in [5, 5.41) is 0. The molecule has 118 valence electrons. The predicted octanol–water partition coefficient (Wildman–Crippen LogP) is 2.49. The molecule has 0 aliphatic rings. The lowest BCUT2D eigenvalue weighted by Gasteiger charge is -2.21. The predicted molar refractivity (Wildman–Crippen MR) is 87.1 cm³/mol. The molecular weight excluding hydrogens is 300 g/mol. The van der Waals surface area contributed by atoms with Crippen LogP contribution in [-0.4, -0.2) is 26.4 Å². The molecule has 0 unspecified atom stereocenters. The Morgan fingerprint density at radius 1 is 1.09 bits per heavy atom. The third kappa shape index (κ3) is 3.40. The summed E-state index contributed by atoms with van der Waals surface area (Å²) in [4.78, 5) is 0.144. The van der Waals surface area contributed by atoms with Crippen LogP contribution in [0.25, 0.3) is 0 Å². The maximum atomic E-state index is 12.7. The number of hydrogen-bond acceptors (Lipinski definition) is 4. The highest BCUT2D eigenvalue weighted by atomic mass is 32.2. The zero-order chi connectivity index (χ0) is 16.2. The lowest BCUT2D eigenvalue weighted by Crippen LogP contribution is -2.31.